The molecule has 2 unspecified atom stereocenters. The molecule has 0 aliphatic rings. The van der Waals surface area contributed by atoms with Gasteiger partial charge in [0.1, 0.15) is 18.5 Å². The smallest absolute Gasteiger partial charge is 0.461 e. The van der Waals surface area contributed by atoms with Crippen molar-refractivity contribution in [2.45, 2.75) is 78.9 Å². The molecule has 2 atom stereocenters. The second kappa shape index (κ2) is 14.0. The lowest BCUT2D eigenvalue weighted by atomic mass is 10.1. The number of nitrogens with one attached hydrogen (secondary N) is 1. The number of hydrogen-bond acceptors (Lipinski definition) is 11. The summed E-state index contributed by atoms with van der Waals surface area (Å²) in [6, 6.07) is 0. The molecule has 0 amide bonds. The maximum Gasteiger partial charge on any atom is 0.461 e. The first-order valence-electron chi connectivity index (χ1n) is 11.0. The first kappa shape index (κ1) is 30.3. The number of carbonyl (C=O) groups is 2. The minimum absolute atomic E-state index is 0.0430. The summed E-state index contributed by atoms with van der Waals surface area (Å²) < 4.78 is 29.4. The Morgan fingerprint density at radius 2 is 1.77 bits per heavy atom. The molecule has 2 aromatic heterocycles. The molecule has 0 radical (unpaired) electrons. The van der Waals surface area contributed by atoms with Gasteiger partial charge in [0.25, 0.3) is 6.35 Å². The van der Waals surface area contributed by atoms with E-state index in [1.807, 2.05) is 6.92 Å². The van der Waals surface area contributed by atoms with Gasteiger partial charge in [0.05, 0.1) is 31.2 Å². The number of nitrogens with two attached hydrogens (primary N) is 1. The first-order valence-corrected chi connectivity index (χ1v) is 12.5. The van der Waals surface area contributed by atoms with E-state index in [0.29, 0.717) is 23.5 Å². The lowest BCUT2D eigenvalue weighted by molar-refractivity contribution is -0.153. The molecule has 2 aromatic rings. The number of fused-ring (bicyclic) bond motifs is 1. The molecule has 0 bridgehead atoms. The molecule has 0 saturated carbocycles. The van der Waals surface area contributed by atoms with Crippen LogP contribution in [0.4, 0.5) is 5.82 Å². The summed E-state index contributed by atoms with van der Waals surface area (Å²) in [5.74, 6) is -0.717. The van der Waals surface area contributed by atoms with Crippen molar-refractivity contribution in [2.24, 2.45) is 0 Å². The summed E-state index contributed by atoms with van der Waals surface area (Å²) in [4.78, 5) is 34.4. The molecule has 196 valence electrons. The van der Waals surface area contributed by atoms with E-state index in [2.05, 4.69) is 24.8 Å². The van der Waals surface area contributed by atoms with Crippen molar-refractivity contribution in [2.75, 3.05) is 18.7 Å². The van der Waals surface area contributed by atoms with Crippen LogP contribution in [0.3, 0.4) is 0 Å². The van der Waals surface area contributed by atoms with Crippen molar-refractivity contribution in [1.29, 1.82) is 0 Å². The number of rotatable bonds is 11. The highest BCUT2D eigenvalue weighted by Crippen LogP contribution is 2.23. The highest BCUT2D eigenvalue weighted by Gasteiger charge is 2.38. The van der Waals surface area contributed by atoms with Crippen LogP contribution in [0, 0.1) is 0 Å². The average Bonchev–Trinajstić information content (AvgIpc) is 3.15. The fourth-order valence-electron chi connectivity index (χ4n) is 2.61. The Hall–Kier alpha value is -2.73. The van der Waals surface area contributed by atoms with E-state index in [0.717, 1.165) is 0 Å². The monoisotopic (exact) mass is 515 g/mol. The zero-order chi connectivity index (χ0) is 26.8. The third kappa shape index (κ3) is 10.6. The second-order valence-corrected chi connectivity index (χ2v) is 9.94. The van der Waals surface area contributed by atoms with Crippen LogP contribution in [0.5, 0.6) is 0 Å². The molecule has 13 nitrogen and oxygen atoms in total. The van der Waals surface area contributed by atoms with Crippen LogP contribution in [0.1, 0.15) is 48.5 Å². The van der Waals surface area contributed by atoms with Gasteiger partial charge in [-0.25, -0.2) is 24.5 Å². The molecule has 0 spiro atoms. The van der Waals surface area contributed by atoms with Crippen LogP contribution in [-0.4, -0.2) is 73.4 Å². The molecule has 0 saturated heterocycles. The molecule has 14 heteroatoms. The number of nitrogens with zero attached hydrogens (tertiary/aromatic N) is 4. The minimum atomic E-state index is -1.96. The Labute approximate surface area is 205 Å². The molecule has 0 fully saturated rings. The Balaban J connectivity index is 0.000000658. The molecule has 0 aromatic carbocycles. The molecular formula is C21H36N6O7P+. The van der Waals surface area contributed by atoms with Gasteiger partial charge in [-0.3, -0.25) is 0 Å². The van der Waals surface area contributed by atoms with Crippen LogP contribution in [0.2, 0.25) is 0 Å². The molecule has 2 rings (SSSR count). The topological polar surface area (TPSA) is 181 Å². The Morgan fingerprint density at radius 1 is 1.14 bits per heavy atom. The summed E-state index contributed by atoms with van der Waals surface area (Å²) in [5.41, 5.74) is 5.84. The normalized spacial score (nSPS) is 12.8. The van der Waals surface area contributed by atoms with Gasteiger partial charge >= 0.3 is 19.9 Å². The standard InChI is InChI=1S/C16H26N6O4P.C5H10O3/c1-10(2)26-15(23)16(4,5)21-27(24)9-25-11(3)6-22-8-20-12-13(17)18-7-19-14(12)22;1-4(2)8-5(7)3-6/h7-8,10-11H,6,9H2,1-5H3,(H,21,24)(H2,17,18,19);4,6H,3H2,1-2H3/q+1;. The maximum absolute atomic E-state index is 12.3. The molecule has 4 N–H and O–H groups in total. The number of ether oxygens (including phenoxy) is 3. The highest BCUT2D eigenvalue weighted by atomic mass is 31.1. The minimum Gasteiger partial charge on any atom is -0.462 e. The fourth-order valence-corrected chi connectivity index (χ4v) is 3.78. The van der Waals surface area contributed by atoms with Crippen molar-refractivity contribution in [3.8, 4) is 0 Å². The third-order valence-corrected chi connectivity index (χ3v) is 5.31. The van der Waals surface area contributed by atoms with Crippen LogP contribution >= 0.6 is 7.95 Å². The summed E-state index contributed by atoms with van der Waals surface area (Å²) in [6.07, 6.45) is 2.31. The van der Waals surface area contributed by atoms with Crippen LogP contribution < -0.4 is 10.8 Å². The number of aromatic nitrogens is 4. The van der Waals surface area contributed by atoms with Crippen molar-refractivity contribution in [1.82, 2.24) is 24.6 Å². The third-order valence-electron chi connectivity index (χ3n) is 4.11. The summed E-state index contributed by atoms with van der Waals surface area (Å²) in [7, 11) is -1.96. The van der Waals surface area contributed by atoms with E-state index in [1.165, 1.54) is 6.33 Å². The van der Waals surface area contributed by atoms with E-state index in [9.17, 15) is 14.2 Å². The number of aliphatic hydroxyl groups excluding tert-OH is 1. The molecule has 0 aliphatic heterocycles. The van der Waals surface area contributed by atoms with E-state index in [1.54, 1.807) is 52.4 Å². The lowest BCUT2D eigenvalue weighted by Crippen LogP contribution is -2.45. The second-order valence-electron chi connectivity index (χ2n) is 8.70. The Bertz CT molecular complexity index is 996. The lowest BCUT2D eigenvalue weighted by Gasteiger charge is -2.20. The zero-order valence-corrected chi connectivity index (χ0v) is 22.1. The SMILES string of the molecule is CC(C)OC(=O)C(C)(C)N[P+](=O)COC(C)Cn1cnc2c(N)ncnc21.CC(C)OC(=O)CO. The van der Waals surface area contributed by atoms with Gasteiger partial charge in [-0.1, -0.05) is 5.09 Å². The number of hydrogen-bond donors (Lipinski definition) is 3. The van der Waals surface area contributed by atoms with Gasteiger partial charge < -0.3 is 29.6 Å². The highest BCUT2D eigenvalue weighted by molar-refractivity contribution is 7.42. The number of esters is 2. The quantitative estimate of drug-likeness (QED) is 0.292. The molecule has 0 aliphatic carbocycles. The van der Waals surface area contributed by atoms with E-state index < -0.39 is 32.0 Å². The van der Waals surface area contributed by atoms with E-state index in [4.69, 9.17) is 20.3 Å². The van der Waals surface area contributed by atoms with Crippen molar-refractivity contribution in [3.05, 3.63) is 12.7 Å². The Morgan fingerprint density at radius 3 is 2.31 bits per heavy atom. The largest absolute Gasteiger partial charge is 0.462 e. The van der Waals surface area contributed by atoms with E-state index >= 15 is 0 Å². The average molecular weight is 516 g/mol. The van der Waals surface area contributed by atoms with Crippen molar-refractivity contribution >= 4 is 36.9 Å². The first-order chi connectivity index (χ1) is 16.3. The van der Waals surface area contributed by atoms with Gasteiger partial charge in [0.15, 0.2) is 17.0 Å². The predicted octanol–water partition coefficient (Wildman–Crippen LogP) is 1.76. The summed E-state index contributed by atoms with van der Waals surface area (Å²) >= 11 is 0. The number of aliphatic hydroxyl groups is 1. The molecule has 2 heterocycles. The molecule has 35 heavy (non-hydrogen) atoms. The number of nitrogen functional groups attached to an aromatic ring is 1. The Kier molecular flexibility index (Phi) is 12.1. The number of anilines is 1. The van der Waals surface area contributed by atoms with Gasteiger partial charge in [0.2, 0.25) is 0 Å². The number of carbonyl (C=O) groups excluding carboxylic acids is 2. The number of imidazole rings is 1. The van der Waals surface area contributed by atoms with Gasteiger partial charge in [-0.05, 0) is 53.0 Å². The predicted molar refractivity (Wildman–Crippen MR) is 130 cm³/mol. The maximum atomic E-state index is 12.3. The summed E-state index contributed by atoms with van der Waals surface area (Å²) in [6.45, 7) is 12.0. The summed E-state index contributed by atoms with van der Waals surface area (Å²) in [5, 5.41) is 10.9. The van der Waals surface area contributed by atoms with Crippen LogP contribution in [0.25, 0.3) is 11.2 Å². The van der Waals surface area contributed by atoms with Crippen molar-refractivity contribution in [3.63, 3.8) is 0 Å². The van der Waals surface area contributed by atoms with Crippen molar-refractivity contribution < 1.29 is 33.5 Å². The molecular weight excluding hydrogens is 479 g/mol. The van der Waals surface area contributed by atoms with Crippen LogP contribution in [0.15, 0.2) is 12.7 Å². The van der Waals surface area contributed by atoms with Gasteiger partial charge in [-0.2, -0.15) is 0 Å². The fraction of sp³-hybridized carbons (Fsp3) is 0.667. The van der Waals surface area contributed by atoms with E-state index in [-0.39, 0.29) is 24.7 Å². The zero-order valence-electron chi connectivity index (χ0n) is 21.2. The van der Waals surface area contributed by atoms with Gasteiger partial charge in [0, 0.05) is 0 Å². The van der Waals surface area contributed by atoms with Crippen LogP contribution in [-0.2, 0) is 34.9 Å². The van der Waals surface area contributed by atoms with Gasteiger partial charge in [-0.15, -0.1) is 0 Å².